The molecule has 0 radical (unpaired) electrons. The third kappa shape index (κ3) is 2.15. The predicted octanol–water partition coefficient (Wildman–Crippen LogP) is 2.93. The van der Waals surface area contributed by atoms with Gasteiger partial charge in [0.2, 0.25) is 0 Å². The summed E-state index contributed by atoms with van der Waals surface area (Å²) in [5.41, 5.74) is 0.687. The number of piperidine rings is 1. The van der Waals surface area contributed by atoms with Gasteiger partial charge >= 0.3 is 11.9 Å². The molecule has 6 rings (SSSR count). The fourth-order valence-corrected chi connectivity index (χ4v) is 10.6. The molecule has 0 aromatic heterocycles. The summed E-state index contributed by atoms with van der Waals surface area (Å²) in [7, 11) is 0. The van der Waals surface area contributed by atoms with Crippen LogP contribution in [0.5, 0.6) is 0 Å². The van der Waals surface area contributed by atoms with Crippen LogP contribution in [-0.4, -0.2) is 59.4 Å². The SMILES string of the molecule is C=C1[C@H]2C[C@]3([C@@H]1OC(C)=O)[C@@H](C[C@@H]2OC(C)=O)[C@]12[C@@H]4C[C@H]3[C@H]1N(CC)C[C@]4(C)CC[C@@H]2O. The molecule has 2 spiro atoms. The highest BCUT2D eigenvalue weighted by atomic mass is 16.6. The van der Waals surface area contributed by atoms with E-state index in [9.17, 15) is 14.7 Å². The van der Waals surface area contributed by atoms with Crippen LogP contribution in [0, 0.1) is 39.9 Å². The summed E-state index contributed by atoms with van der Waals surface area (Å²) in [6.45, 7) is 14.1. The molecule has 6 heteroatoms. The smallest absolute Gasteiger partial charge is 0.303 e. The number of fused-ring (bicyclic) bond motifs is 1. The summed E-state index contributed by atoms with van der Waals surface area (Å²) in [6, 6.07) is 0.298. The lowest BCUT2D eigenvalue weighted by Gasteiger charge is -2.65. The topological polar surface area (TPSA) is 76.1 Å². The van der Waals surface area contributed by atoms with E-state index in [4.69, 9.17) is 9.47 Å². The van der Waals surface area contributed by atoms with E-state index in [2.05, 4.69) is 25.3 Å². The minimum absolute atomic E-state index is 0.0253. The molecule has 1 heterocycles. The van der Waals surface area contributed by atoms with Crippen LogP contribution < -0.4 is 0 Å². The second kappa shape index (κ2) is 6.38. The third-order valence-corrected chi connectivity index (χ3v) is 11.1. The number of carbonyl (C=O) groups excluding carboxylic acids is 2. The molecule has 5 aliphatic carbocycles. The molecule has 0 unspecified atom stereocenters. The molecule has 1 saturated heterocycles. The zero-order valence-electron chi connectivity index (χ0n) is 19.8. The fraction of sp³-hybridized carbons (Fsp3) is 0.846. The van der Waals surface area contributed by atoms with E-state index in [1.165, 1.54) is 13.8 Å². The van der Waals surface area contributed by atoms with E-state index in [1.807, 2.05) is 0 Å². The van der Waals surface area contributed by atoms with Gasteiger partial charge in [-0.3, -0.25) is 14.5 Å². The molecule has 176 valence electrons. The second-order valence-electron chi connectivity index (χ2n) is 12.0. The van der Waals surface area contributed by atoms with Crippen LogP contribution in [0.2, 0.25) is 0 Å². The van der Waals surface area contributed by atoms with Crippen molar-refractivity contribution in [2.75, 3.05) is 13.1 Å². The Kier molecular flexibility index (Phi) is 4.22. The zero-order chi connectivity index (χ0) is 22.8. The Morgan fingerprint density at radius 1 is 1.19 bits per heavy atom. The lowest BCUT2D eigenvalue weighted by atomic mass is 9.43. The van der Waals surface area contributed by atoms with Gasteiger partial charge in [0.05, 0.1) is 6.10 Å². The first-order chi connectivity index (χ1) is 15.1. The Hall–Kier alpha value is -1.40. The van der Waals surface area contributed by atoms with Crippen molar-refractivity contribution in [1.82, 2.24) is 4.90 Å². The molecule has 1 N–H and O–H groups in total. The monoisotopic (exact) mass is 443 g/mol. The van der Waals surface area contributed by atoms with Gasteiger partial charge in [-0.2, -0.15) is 0 Å². The number of nitrogens with zero attached hydrogens (tertiary/aromatic N) is 1. The first kappa shape index (κ1) is 21.2. The molecule has 32 heavy (non-hydrogen) atoms. The Morgan fingerprint density at radius 3 is 2.56 bits per heavy atom. The van der Waals surface area contributed by atoms with Gasteiger partial charge in [0.25, 0.3) is 0 Å². The average Bonchev–Trinajstić information content (AvgIpc) is 3.25. The second-order valence-corrected chi connectivity index (χ2v) is 12.0. The number of ether oxygens (including phenoxy) is 2. The summed E-state index contributed by atoms with van der Waals surface area (Å²) >= 11 is 0. The molecule has 6 fully saturated rings. The lowest BCUT2D eigenvalue weighted by Crippen LogP contribution is -2.68. The van der Waals surface area contributed by atoms with Crippen LogP contribution in [0.25, 0.3) is 0 Å². The number of hydrogen-bond acceptors (Lipinski definition) is 6. The van der Waals surface area contributed by atoms with Gasteiger partial charge in [-0.25, -0.2) is 0 Å². The summed E-state index contributed by atoms with van der Waals surface area (Å²) in [5, 5.41) is 11.8. The quantitative estimate of drug-likeness (QED) is 0.534. The number of aliphatic hydroxyl groups excluding tert-OH is 1. The van der Waals surface area contributed by atoms with E-state index in [1.54, 1.807) is 0 Å². The molecule has 0 aromatic carbocycles. The van der Waals surface area contributed by atoms with Crippen LogP contribution >= 0.6 is 0 Å². The highest BCUT2D eigenvalue weighted by molar-refractivity contribution is 5.67. The normalized spacial score (nSPS) is 55.0. The van der Waals surface area contributed by atoms with E-state index < -0.39 is 0 Å². The Morgan fingerprint density at radius 2 is 1.91 bits per heavy atom. The van der Waals surface area contributed by atoms with Crippen molar-refractivity contribution in [1.29, 1.82) is 0 Å². The van der Waals surface area contributed by atoms with Gasteiger partial charge in [-0.15, -0.1) is 0 Å². The fourth-order valence-electron chi connectivity index (χ4n) is 10.6. The third-order valence-electron chi connectivity index (χ3n) is 11.1. The van der Waals surface area contributed by atoms with Crippen molar-refractivity contribution in [3.63, 3.8) is 0 Å². The number of rotatable bonds is 3. The average molecular weight is 444 g/mol. The van der Waals surface area contributed by atoms with Crippen LogP contribution in [0.15, 0.2) is 12.2 Å². The molecule has 0 aromatic rings. The highest BCUT2D eigenvalue weighted by Gasteiger charge is 2.85. The van der Waals surface area contributed by atoms with Crippen molar-refractivity contribution >= 4 is 11.9 Å². The van der Waals surface area contributed by atoms with Gasteiger partial charge in [-0.1, -0.05) is 20.4 Å². The van der Waals surface area contributed by atoms with Crippen LogP contribution in [0.4, 0.5) is 0 Å². The molecule has 11 atom stereocenters. The maximum Gasteiger partial charge on any atom is 0.303 e. The molecule has 0 amide bonds. The Labute approximate surface area is 190 Å². The minimum atomic E-state index is -0.365. The van der Waals surface area contributed by atoms with Crippen molar-refractivity contribution < 1.29 is 24.2 Å². The maximum atomic E-state index is 12.3. The van der Waals surface area contributed by atoms with Gasteiger partial charge in [0.1, 0.15) is 12.2 Å². The summed E-state index contributed by atoms with van der Waals surface area (Å²) in [6.07, 6.45) is 3.63. The number of esters is 2. The molecule has 6 nitrogen and oxygen atoms in total. The molecule has 5 saturated carbocycles. The highest BCUT2D eigenvalue weighted by Crippen LogP contribution is 2.83. The predicted molar refractivity (Wildman–Crippen MR) is 117 cm³/mol. The number of hydrogen-bond donors (Lipinski definition) is 1. The number of aliphatic hydroxyl groups is 1. The van der Waals surface area contributed by atoms with Gasteiger partial charge in [0.15, 0.2) is 0 Å². The van der Waals surface area contributed by atoms with Crippen molar-refractivity contribution in [3.05, 3.63) is 12.2 Å². The van der Waals surface area contributed by atoms with E-state index in [0.29, 0.717) is 17.9 Å². The molecule has 6 aliphatic rings. The number of likely N-dealkylation sites (tertiary alicyclic amines) is 1. The van der Waals surface area contributed by atoms with Gasteiger partial charge < -0.3 is 14.6 Å². The van der Waals surface area contributed by atoms with Crippen LogP contribution in [0.3, 0.4) is 0 Å². The largest absolute Gasteiger partial charge is 0.462 e. The van der Waals surface area contributed by atoms with E-state index >= 15 is 0 Å². The zero-order valence-corrected chi connectivity index (χ0v) is 19.8. The Bertz CT molecular complexity index is 903. The first-order valence-electron chi connectivity index (χ1n) is 12.6. The minimum Gasteiger partial charge on any atom is -0.462 e. The summed E-state index contributed by atoms with van der Waals surface area (Å²) < 4.78 is 12.0. The Balaban J connectivity index is 1.56. The van der Waals surface area contributed by atoms with Crippen LogP contribution in [0.1, 0.15) is 59.8 Å². The molecule has 1 aliphatic heterocycles. The summed E-state index contributed by atoms with van der Waals surface area (Å²) in [4.78, 5) is 26.9. The summed E-state index contributed by atoms with van der Waals surface area (Å²) in [5.74, 6) is 0.487. The molecule has 7 bridgehead atoms. The van der Waals surface area contributed by atoms with Crippen LogP contribution in [-0.2, 0) is 19.1 Å². The first-order valence-corrected chi connectivity index (χ1v) is 12.6. The van der Waals surface area contributed by atoms with Crippen molar-refractivity contribution in [2.45, 2.75) is 84.2 Å². The number of carbonyl (C=O) groups is 2. The van der Waals surface area contributed by atoms with Crippen molar-refractivity contribution in [2.24, 2.45) is 39.9 Å². The maximum absolute atomic E-state index is 12.3. The molecular formula is C26H37NO5. The lowest BCUT2D eigenvalue weighted by molar-refractivity contribution is -0.222. The molecular weight excluding hydrogens is 406 g/mol. The van der Waals surface area contributed by atoms with Gasteiger partial charge in [0, 0.05) is 43.2 Å². The van der Waals surface area contributed by atoms with E-state index in [-0.39, 0.29) is 58.3 Å². The van der Waals surface area contributed by atoms with E-state index in [0.717, 1.165) is 50.8 Å². The van der Waals surface area contributed by atoms with Crippen molar-refractivity contribution in [3.8, 4) is 0 Å². The standard InChI is InChI=1S/C26H37NO5/c1-6-27-12-24(5)8-7-21(30)26-19(24)9-17(22(26)27)25-11-16(13(2)23(25)32-15(4)29)18(10-20(25)26)31-14(3)28/h16-23,30H,2,6-12H2,1,3-5H3/t16-,17+,18+,19-,20-,21+,22-,23-,24+,25-,26+/m1/s1. The van der Waals surface area contributed by atoms with Gasteiger partial charge in [-0.05, 0) is 67.4 Å².